The van der Waals surface area contributed by atoms with E-state index in [0.29, 0.717) is 5.56 Å². The SMILES string of the molecule is CCOC(=O)c1c(-c2ccccc2)csc1NC(=O)COC(=O)[C@@H](NC(=O)c1ccco1)C(C)C. The molecule has 0 aliphatic carbocycles. The van der Waals surface area contributed by atoms with Gasteiger partial charge in [-0.3, -0.25) is 9.59 Å². The van der Waals surface area contributed by atoms with Crippen LogP contribution >= 0.6 is 11.3 Å². The summed E-state index contributed by atoms with van der Waals surface area (Å²) >= 11 is 1.17. The highest BCUT2D eigenvalue weighted by atomic mass is 32.1. The zero-order valence-electron chi connectivity index (χ0n) is 19.5. The van der Waals surface area contributed by atoms with Crippen molar-refractivity contribution >= 4 is 40.1 Å². The molecule has 0 fully saturated rings. The van der Waals surface area contributed by atoms with Gasteiger partial charge in [0.1, 0.15) is 16.6 Å². The number of amides is 2. The van der Waals surface area contributed by atoms with Crippen molar-refractivity contribution in [3.63, 3.8) is 0 Å². The fourth-order valence-electron chi connectivity index (χ4n) is 3.19. The number of anilines is 1. The number of hydrogen-bond acceptors (Lipinski definition) is 8. The van der Waals surface area contributed by atoms with Gasteiger partial charge in [0.2, 0.25) is 0 Å². The third-order valence-electron chi connectivity index (χ3n) is 4.91. The number of ether oxygens (including phenoxy) is 2. The minimum absolute atomic E-state index is 0.0552. The Bertz CT molecular complexity index is 1170. The Morgan fingerprint density at radius 1 is 1.03 bits per heavy atom. The maximum atomic E-state index is 12.6. The molecule has 2 heterocycles. The smallest absolute Gasteiger partial charge is 0.341 e. The van der Waals surface area contributed by atoms with Crippen LogP contribution in [0.5, 0.6) is 0 Å². The van der Waals surface area contributed by atoms with Gasteiger partial charge < -0.3 is 24.5 Å². The Labute approximate surface area is 206 Å². The van der Waals surface area contributed by atoms with Gasteiger partial charge in [-0.25, -0.2) is 9.59 Å². The highest BCUT2D eigenvalue weighted by molar-refractivity contribution is 7.15. The molecule has 0 aliphatic rings. The van der Waals surface area contributed by atoms with Crippen molar-refractivity contribution in [1.29, 1.82) is 0 Å². The van der Waals surface area contributed by atoms with Crippen molar-refractivity contribution in [2.75, 3.05) is 18.5 Å². The van der Waals surface area contributed by atoms with Crippen LogP contribution in [0.4, 0.5) is 5.00 Å². The lowest BCUT2D eigenvalue weighted by Crippen LogP contribution is -2.45. The molecule has 2 aromatic heterocycles. The van der Waals surface area contributed by atoms with Gasteiger partial charge in [0, 0.05) is 10.9 Å². The number of hydrogen-bond donors (Lipinski definition) is 2. The summed E-state index contributed by atoms with van der Waals surface area (Å²) in [6.45, 7) is 4.74. The third kappa shape index (κ3) is 6.57. The van der Waals surface area contributed by atoms with Crippen LogP contribution in [-0.2, 0) is 19.1 Å². The molecule has 2 amide bonds. The second kappa shape index (κ2) is 12.0. The lowest BCUT2D eigenvalue weighted by atomic mass is 10.0. The molecule has 0 bridgehead atoms. The van der Waals surface area contributed by atoms with E-state index in [1.54, 1.807) is 32.2 Å². The Hall–Kier alpha value is -3.92. The summed E-state index contributed by atoms with van der Waals surface area (Å²) in [4.78, 5) is 50.0. The number of carbonyl (C=O) groups excluding carboxylic acids is 4. The summed E-state index contributed by atoms with van der Waals surface area (Å²) in [5, 5.41) is 7.22. The first-order chi connectivity index (χ1) is 16.8. The van der Waals surface area contributed by atoms with Crippen molar-refractivity contribution < 1.29 is 33.1 Å². The summed E-state index contributed by atoms with van der Waals surface area (Å²) in [5.74, 6) is -2.78. The lowest BCUT2D eigenvalue weighted by Gasteiger charge is -2.20. The summed E-state index contributed by atoms with van der Waals surface area (Å²) in [5.41, 5.74) is 1.65. The zero-order chi connectivity index (χ0) is 25.4. The van der Waals surface area contributed by atoms with Gasteiger partial charge in [-0.15, -0.1) is 11.3 Å². The number of benzene rings is 1. The maximum Gasteiger partial charge on any atom is 0.341 e. The monoisotopic (exact) mass is 498 g/mol. The zero-order valence-corrected chi connectivity index (χ0v) is 20.3. The lowest BCUT2D eigenvalue weighted by molar-refractivity contribution is -0.150. The molecule has 10 heteroatoms. The molecule has 0 radical (unpaired) electrons. The van der Waals surface area contributed by atoms with Crippen LogP contribution in [-0.4, -0.2) is 43.0 Å². The Morgan fingerprint density at radius 2 is 1.77 bits per heavy atom. The van der Waals surface area contributed by atoms with Crippen LogP contribution in [0.15, 0.2) is 58.5 Å². The summed E-state index contributed by atoms with van der Waals surface area (Å²) < 4.78 is 15.4. The first-order valence-electron chi connectivity index (χ1n) is 11.0. The number of furan rings is 1. The molecular weight excluding hydrogens is 472 g/mol. The average Bonchev–Trinajstić information content (AvgIpc) is 3.52. The highest BCUT2D eigenvalue weighted by Gasteiger charge is 2.28. The van der Waals surface area contributed by atoms with Gasteiger partial charge in [0.25, 0.3) is 11.8 Å². The Balaban J connectivity index is 1.67. The molecule has 3 aromatic rings. The average molecular weight is 499 g/mol. The quantitative estimate of drug-likeness (QED) is 0.403. The van der Waals surface area contributed by atoms with E-state index in [1.165, 1.54) is 23.7 Å². The number of carbonyl (C=O) groups is 4. The maximum absolute atomic E-state index is 12.6. The number of thiophene rings is 1. The van der Waals surface area contributed by atoms with E-state index in [2.05, 4.69) is 10.6 Å². The topological polar surface area (TPSA) is 124 Å². The van der Waals surface area contributed by atoms with E-state index in [1.807, 2.05) is 30.3 Å². The minimum atomic E-state index is -0.984. The standard InChI is InChI=1S/C25H26N2O7S/c1-4-32-24(30)20-17(16-9-6-5-7-10-16)14-35-23(20)26-19(28)13-34-25(31)21(15(2)3)27-22(29)18-11-8-12-33-18/h5-12,14-15,21H,4,13H2,1-3H3,(H,26,28)(H,27,29)/t21-/m0/s1. The van der Waals surface area contributed by atoms with Crippen molar-refractivity contribution in [3.8, 4) is 11.1 Å². The van der Waals surface area contributed by atoms with Crippen LogP contribution in [0.3, 0.4) is 0 Å². The normalized spacial score (nSPS) is 11.5. The van der Waals surface area contributed by atoms with E-state index in [9.17, 15) is 19.2 Å². The summed E-state index contributed by atoms with van der Waals surface area (Å²) in [7, 11) is 0. The molecule has 35 heavy (non-hydrogen) atoms. The molecular formula is C25H26N2O7S. The predicted octanol–water partition coefficient (Wildman–Crippen LogP) is 4.12. The Kier molecular flexibility index (Phi) is 8.80. The minimum Gasteiger partial charge on any atom is -0.462 e. The van der Waals surface area contributed by atoms with Gasteiger partial charge in [0.15, 0.2) is 12.4 Å². The number of rotatable bonds is 10. The largest absolute Gasteiger partial charge is 0.462 e. The third-order valence-corrected chi connectivity index (χ3v) is 5.80. The molecule has 0 saturated heterocycles. The molecule has 0 aliphatic heterocycles. The van der Waals surface area contributed by atoms with Crippen LogP contribution in [0.2, 0.25) is 0 Å². The molecule has 1 aromatic carbocycles. The molecule has 1 atom stereocenters. The van der Waals surface area contributed by atoms with Crippen LogP contribution in [0, 0.1) is 5.92 Å². The van der Waals surface area contributed by atoms with Gasteiger partial charge in [0.05, 0.1) is 12.9 Å². The van der Waals surface area contributed by atoms with Gasteiger partial charge in [-0.2, -0.15) is 0 Å². The van der Waals surface area contributed by atoms with Gasteiger partial charge in [-0.05, 0) is 30.5 Å². The van der Waals surface area contributed by atoms with E-state index >= 15 is 0 Å². The van der Waals surface area contributed by atoms with Crippen molar-refractivity contribution in [2.24, 2.45) is 5.92 Å². The van der Waals surface area contributed by atoms with Gasteiger partial charge in [-0.1, -0.05) is 44.2 Å². The summed E-state index contributed by atoms with van der Waals surface area (Å²) in [6, 6.07) is 11.3. The first-order valence-corrected chi connectivity index (χ1v) is 11.8. The van der Waals surface area contributed by atoms with Crippen LogP contribution < -0.4 is 10.6 Å². The predicted molar refractivity (Wildman–Crippen MR) is 130 cm³/mol. The summed E-state index contributed by atoms with van der Waals surface area (Å²) in [6.07, 6.45) is 1.35. The molecule has 0 spiro atoms. The number of nitrogens with one attached hydrogen (secondary N) is 2. The van der Waals surface area contributed by atoms with Crippen LogP contribution in [0.1, 0.15) is 41.7 Å². The van der Waals surface area contributed by atoms with E-state index in [-0.39, 0.29) is 28.8 Å². The van der Waals surface area contributed by atoms with Gasteiger partial charge >= 0.3 is 11.9 Å². The first kappa shape index (κ1) is 25.7. The van der Waals surface area contributed by atoms with E-state index < -0.39 is 36.4 Å². The molecule has 9 nitrogen and oxygen atoms in total. The fourth-order valence-corrected chi connectivity index (χ4v) is 4.17. The van der Waals surface area contributed by atoms with E-state index in [0.717, 1.165) is 5.56 Å². The molecule has 184 valence electrons. The second-order valence-corrected chi connectivity index (χ2v) is 8.65. The molecule has 3 rings (SSSR count). The molecule has 0 unspecified atom stereocenters. The second-order valence-electron chi connectivity index (χ2n) is 7.77. The van der Waals surface area contributed by atoms with Crippen LogP contribution in [0.25, 0.3) is 11.1 Å². The van der Waals surface area contributed by atoms with Crippen molar-refractivity contribution in [3.05, 3.63) is 65.4 Å². The van der Waals surface area contributed by atoms with Crippen molar-refractivity contribution in [1.82, 2.24) is 5.32 Å². The molecule has 2 N–H and O–H groups in total. The van der Waals surface area contributed by atoms with E-state index in [4.69, 9.17) is 13.9 Å². The number of esters is 2. The van der Waals surface area contributed by atoms with Crippen molar-refractivity contribution in [2.45, 2.75) is 26.8 Å². The molecule has 0 saturated carbocycles. The highest BCUT2D eigenvalue weighted by Crippen LogP contribution is 2.36. The fraction of sp³-hybridized carbons (Fsp3) is 0.280. The Morgan fingerprint density at radius 3 is 2.40 bits per heavy atom.